The summed E-state index contributed by atoms with van der Waals surface area (Å²) in [6, 6.07) is 0. The summed E-state index contributed by atoms with van der Waals surface area (Å²) in [6.07, 6.45) is 2.62. The smallest absolute Gasteiger partial charge is 0.0191 e. The lowest BCUT2D eigenvalue weighted by Crippen LogP contribution is -1.69. The fraction of sp³-hybridized carbons (Fsp3) is 0.750. The molecule has 0 aliphatic heterocycles. The first kappa shape index (κ1) is 5.87. The second kappa shape index (κ2) is 1.93. The van der Waals surface area contributed by atoms with Gasteiger partial charge < -0.3 is 0 Å². The molecule has 0 heteroatoms. The Bertz CT molecular complexity index is 116. The molecule has 1 saturated carbocycles. The maximum Gasteiger partial charge on any atom is -0.0191 e. The molecular weight excluding hydrogens is 96.1 g/mol. The molecule has 1 aliphatic carbocycles. The van der Waals surface area contributed by atoms with Crippen LogP contribution in [0.3, 0.4) is 0 Å². The van der Waals surface area contributed by atoms with E-state index in [1.807, 2.05) is 0 Å². The van der Waals surface area contributed by atoms with Crippen molar-refractivity contribution in [3.05, 3.63) is 11.1 Å². The third kappa shape index (κ3) is 0.936. The molecule has 0 aromatic heterocycles. The minimum atomic E-state index is 0.926. The van der Waals surface area contributed by atoms with Crippen LogP contribution >= 0.6 is 0 Å². The quantitative estimate of drug-likeness (QED) is 0.455. The summed E-state index contributed by atoms with van der Waals surface area (Å²) in [5.74, 6) is 0.926. The van der Waals surface area contributed by atoms with Gasteiger partial charge in [0.1, 0.15) is 0 Å². The second-order valence-corrected chi connectivity index (χ2v) is 2.76. The monoisotopic (exact) mass is 110 g/mol. The number of hydrogen-bond donors (Lipinski definition) is 0. The van der Waals surface area contributed by atoms with Gasteiger partial charge in [0.05, 0.1) is 0 Å². The molecule has 0 N–H and O–H groups in total. The standard InChI is InChI=1S/C8H14/c1-4-6(2)8-5-7(8)3/h7H,4-5H2,1-3H3. The predicted octanol–water partition coefficient (Wildman–Crippen LogP) is 2.75. The number of rotatable bonds is 1. The molecule has 8 heavy (non-hydrogen) atoms. The molecule has 0 amide bonds. The van der Waals surface area contributed by atoms with Gasteiger partial charge in [0.2, 0.25) is 0 Å². The zero-order valence-electron chi connectivity index (χ0n) is 5.99. The Hall–Kier alpha value is -0.260. The van der Waals surface area contributed by atoms with E-state index in [1.54, 1.807) is 11.1 Å². The maximum absolute atomic E-state index is 2.30. The Morgan fingerprint density at radius 2 is 2.25 bits per heavy atom. The van der Waals surface area contributed by atoms with Gasteiger partial charge >= 0.3 is 0 Å². The summed E-state index contributed by atoms with van der Waals surface area (Å²) < 4.78 is 0. The highest BCUT2D eigenvalue weighted by molar-refractivity contribution is 5.27. The molecule has 0 nitrogen and oxygen atoms in total. The summed E-state index contributed by atoms with van der Waals surface area (Å²) in [5.41, 5.74) is 3.34. The van der Waals surface area contributed by atoms with Gasteiger partial charge in [-0.1, -0.05) is 25.0 Å². The molecule has 1 unspecified atom stereocenters. The van der Waals surface area contributed by atoms with Crippen LogP contribution in [0.25, 0.3) is 0 Å². The summed E-state index contributed by atoms with van der Waals surface area (Å²) >= 11 is 0. The van der Waals surface area contributed by atoms with Crippen molar-refractivity contribution in [1.29, 1.82) is 0 Å². The van der Waals surface area contributed by atoms with Crippen LogP contribution in [0.2, 0.25) is 0 Å². The van der Waals surface area contributed by atoms with E-state index in [9.17, 15) is 0 Å². The molecule has 0 saturated heterocycles. The molecule has 1 rings (SSSR count). The summed E-state index contributed by atoms with van der Waals surface area (Å²) in [4.78, 5) is 0. The summed E-state index contributed by atoms with van der Waals surface area (Å²) in [7, 11) is 0. The van der Waals surface area contributed by atoms with Crippen LogP contribution in [-0.4, -0.2) is 0 Å². The molecular formula is C8H14. The Kier molecular flexibility index (Phi) is 1.41. The largest absolute Gasteiger partial charge is 0.0741 e. The van der Waals surface area contributed by atoms with Crippen molar-refractivity contribution in [3.8, 4) is 0 Å². The van der Waals surface area contributed by atoms with E-state index in [0.29, 0.717) is 0 Å². The third-order valence-electron chi connectivity index (χ3n) is 2.04. The summed E-state index contributed by atoms with van der Waals surface area (Å²) in [6.45, 7) is 6.78. The van der Waals surface area contributed by atoms with Gasteiger partial charge in [-0.25, -0.2) is 0 Å². The molecule has 1 aliphatic rings. The average Bonchev–Trinajstić information content (AvgIpc) is 2.45. The van der Waals surface area contributed by atoms with Crippen molar-refractivity contribution >= 4 is 0 Å². The lowest BCUT2D eigenvalue weighted by molar-refractivity contribution is 1.00. The Labute approximate surface area is 51.6 Å². The van der Waals surface area contributed by atoms with Crippen molar-refractivity contribution in [2.75, 3.05) is 0 Å². The van der Waals surface area contributed by atoms with Gasteiger partial charge in [-0.3, -0.25) is 0 Å². The van der Waals surface area contributed by atoms with Crippen LogP contribution in [0.5, 0.6) is 0 Å². The highest BCUT2D eigenvalue weighted by atomic mass is 14.3. The van der Waals surface area contributed by atoms with E-state index < -0.39 is 0 Å². The van der Waals surface area contributed by atoms with Crippen LogP contribution in [0.4, 0.5) is 0 Å². The molecule has 1 atom stereocenters. The highest BCUT2D eigenvalue weighted by Crippen LogP contribution is 2.40. The van der Waals surface area contributed by atoms with Gasteiger partial charge in [0.25, 0.3) is 0 Å². The van der Waals surface area contributed by atoms with Crippen molar-refractivity contribution in [2.24, 2.45) is 5.92 Å². The van der Waals surface area contributed by atoms with Gasteiger partial charge in [-0.15, -0.1) is 0 Å². The molecule has 0 radical (unpaired) electrons. The third-order valence-corrected chi connectivity index (χ3v) is 2.04. The molecule has 0 aromatic carbocycles. The van der Waals surface area contributed by atoms with Crippen molar-refractivity contribution in [2.45, 2.75) is 33.6 Å². The molecule has 0 aromatic rings. The Balaban J connectivity index is 2.53. The minimum absolute atomic E-state index is 0.926. The van der Waals surface area contributed by atoms with Crippen molar-refractivity contribution < 1.29 is 0 Å². The van der Waals surface area contributed by atoms with Crippen LogP contribution in [0.15, 0.2) is 11.1 Å². The van der Waals surface area contributed by atoms with Gasteiger partial charge in [-0.05, 0) is 25.7 Å². The number of allylic oxidation sites excluding steroid dienone is 2. The van der Waals surface area contributed by atoms with E-state index in [-0.39, 0.29) is 0 Å². The fourth-order valence-corrected chi connectivity index (χ4v) is 1.09. The van der Waals surface area contributed by atoms with Gasteiger partial charge in [0, 0.05) is 0 Å². The Morgan fingerprint density at radius 1 is 1.75 bits per heavy atom. The number of hydrogen-bond acceptors (Lipinski definition) is 0. The van der Waals surface area contributed by atoms with E-state index in [2.05, 4.69) is 20.8 Å². The highest BCUT2D eigenvalue weighted by Gasteiger charge is 2.25. The predicted molar refractivity (Wildman–Crippen MR) is 36.8 cm³/mol. The lowest BCUT2D eigenvalue weighted by atomic mass is 10.2. The van der Waals surface area contributed by atoms with E-state index >= 15 is 0 Å². The van der Waals surface area contributed by atoms with Crippen LogP contribution in [0.1, 0.15) is 33.6 Å². The van der Waals surface area contributed by atoms with E-state index in [0.717, 1.165) is 5.92 Å². The summed E-state index contributed by atoms with van der Waals surface area (Å²) in [5, 5.41) is 0. The molecule has 46 valence electrons. The van der Waals surface area contributed by atoms with E-state index in [1.165, 1.54) is 12.8 Å². The second-order valence-electron chi connectivity index (χ2n) is 2.76. The first-order valence-corrected chi connectivity index (χ1v) is 3.44. The zero-order chi connectivity index (χ0) is 6.15. The van der Waals surface area contributed by atoms with Crippen molar-refractivity contribution in [1.82, 2.24) is 0 Å². The fourth-order valence-electron chi connectivity index (χ4n) is 1.09. The van der Waals surface area contributed by atoms with Gasteiger partial charge in [0.15, 0.2) is 0 Å². The van der Waals surface area contributed by atoms with Crippen LogP contribution in [-0.2, 0) is 0 Å². The van der Waals surface area contributed by atoms with Crippen molar-refractivity contribution in [3.63, 3.8) is 0 Å². The maximum atomic E-state index is 2.30. The SMILES string of the molecule is CCC(C)=C1CC1C. The first-order chi connectivity index (χ1) is 3.75. The molecule has 0 heterocycles. The molecule has 0 spiro atoms. The molecule has 1 fully saturated rings. The lowest BCUT2D eigenvalue weighted by Gasteiger charge is -1.88. The zero-order valence-corrected chi connectivity index (χ0v) is 5.99. The topological polar surface area (TPSA) is 0 Å². The van der Waals surface area contributed by atoms with Gasteiger partial charge in [-0.2, -0.15) is 0 Å². The molecule has 0 bridgehead atoms. The first-order valence-electron chi connectivity index (χ1n) is 3.44. The van der Waals surface area contributed by atoms with Crippen LogP contribution in [0, 0.1) is 5.92 Å². The average molecular weight is 110 g/mol. The normalized spacial score (nSPS) is 32.6. The minimum Gasteiger partial charge on any atom is -0.0741 e. The van der Waals surface area contributed by atoms with Crippen LogP contribution < -0.4 is 0 Å². The van der Waals surface area contributed by atoms with E-state index in [4.69, 9.17) is 0 Å². The Morgan fingerprint density at radius 3 is 2.38 bits per heavy atom.